The van der Waals surface area contributed by atoms with Gasteiger partial charge in [0.2, 0.25) is 12.7 Å². The van der Waals surface area contributed by atoms with Crippen molar-refractivity contribution in [3.63, 3.8) is 0 Å². The van der Waals surface area contributed by atoms with Crippen molar-refractivity contribution >= 4 is 18.0 Å². The molecule has 0 aromatic heterocycles. The largest absolute Gasteiger partial charge is 0.481 e. The highest BCUT2D eigenvalue weighted by Crippen LogP contribution is 2.32. The Bertz CT molecular complexity index is 552. The van der Waals surface area contributed by atoms with Crippen LogP contribution in [0.25, 0.3) is 6.08 Å². The molecule has 0 fully saturated rings. The minimum Gasteiger partial charge on any atom is -0.481 e. The first-order valence-electron chi connectivity index (χ1n) is 6.14. The SMILES string of the molecule is CC(CNC(=O)C=Cc1ccc2c(c1)OCO2)C(=O)O. The molecule has 0 bridgehead atoms. The Morgan fingerprint density at radius 1 is 1.40 bits per heavy atom. The fourth-order valence-electron chi connectivity index (χ4n) is 1.59. The lowest BCUT2D eigenvalue weighted by Gasteiger charge is -2.05. The van der Waals surface area contributed by atoms with Crippen molar-refractivity contribution in [3.05, 3.63) is 29.8 Å². The van der Waals surface area contributed by atoms with Crippen molar-refractivity contribution in [1.29, 1.82) is 0 Å². The molecule has 0 aliphatic carbocycles. The number of rotatable bonds is 5. The van der Waals surface area contributed by atoms with Crippen LogP contribution in [0.15, 0.2) is 24.3 Å². The maximum absolute atomic E-state index is 11.5. The van der Waals surface area contributed by atoms with Gasteiger partial charge in [-0.3, -0.25) is 9.59 Å². The van der Waals surface area contributed by atoms with Gasteiger partial charge in [-0.05, 0) is 23.8 Å². The topological polar surface area (TPSA) is 84.9 Å². The molecule has 1 atom stereocenters. The van der Waals surface area contributed by atoms with E-state index in [0.717, 1.165) is 5.56 Å². The van der Waals surface area contributed by atoms with E-state index >= 15 is 0 Å². The summed E-state index contributed by atoms with van der Waals surface area (Å²) < 4.78 is 10.4. The minimum atomic E-state index is -0.940. The van der Waals surface area contributed by atoms with E-state index in [1.54, 1.807) is 24.3 Å². The predicted octanol–water partition coefficient (Wildman–Crippen LogP) is 1.27. The van der Waals surface area contributed by atoms with Gasteiger partial charge in [0.15, 0.2) is 11.5 Å². The predicted molar refractivity (Wildman–Crippen MR) is 71.4 cm³/mol. The van der Waals surface area contributed by atoms with E-state index in [1.165, 1.54) is 13.0 Å². The van der Waals surface area contributed by atoms with Gasteiger partial charge in [-0.15, -0.1) is 0 Å². The Balaban J connectivity index is 1.89. The molecule has 1 aliphatic heterocycles. The molecule has 106 valence electrons. The number of amides is 1. The second kappa shape index (κ2) is 6.10. The first-order chi connectivity index (χ1) is 9.56. The van der Waals surface area contributed by atoms with Crippen LogP contribution in [0.2, 0.25) is 0 Å². The number of hydrogen-bond acceptors (Lipinski definition) is 4. The van der Waals surface area contributed by atoms with Crippen LogP contribution in [0.3, 0.4) is 0 Å². The van der Waals surface area contributed by atoms with Gasteiger partial charge in [0.05, 0.1) is 5.92 Å². The van der Waals surface area contributed by atoms with Gasteiger partial charge in [-0.2, -0.15) is 0 Å². The van der Waals surface area contributed by atoms with Crippen LogP contribution in [-0.4, -0.2) is 30.3 Å². The minimum absolute atomic E-state index is 0.0969. The highest BCUT2D eigenvalue weighted by Gasteiger charge is 2.13. The monoisotopic (exact) mass is 277 g/mol. The van der Waals surface area contributed by atoms with Crippen LogP contribution in [0.5, 0.6) is 11.5 Å². The number of ether oxygens (including phenoxy) is 2. The number of carbonyl (C=O) groups excluding carboxylic acids is 1. The molecule has 0 saturated heterocycles. The van der Waals surface area contributed by atoms with E-state index in [4.69, 9.17) is 14.6 Å². The van der Waals surface area contributed by atoms with E-state index < -0.39 is 11.9 Å². The average Bonchev–Trinajstić information content (AvgIpc) is 2.89. The van der Waals surface area contributed by atoms with E-state index in [-0.39, 0.29) is 19.2 Å². The lowest BCUT2D eigenvalue weighted by atomic mass is 10.1. The number of carboxylic acid groups (broad SMARTS) is 1. The third kappa shape index (κ3) is 3.50. The molecule has 0 spiro atoms. The molecule has 0 saturated carbocycles. The Morgan fingerprint density at radius 3 is 2.90 bits per heavy atom. The van der Waals surface area contributed by atoms with Crippen LogP contribution >= 0.6 is 0 Å². The molecule has 20 heavy (non-hydrogen) atoms. The van der Waals surface area contributed by atoms with Gasteiger partial charge >= 0.3 is 5.97 Å². The quantitative estimate of drug-likeness (QED) is 0.792. The molecule has 0 radical (unpaired) electrons. The zero-order valence-electron chi connectivity index (χ0n) is 11.0. The van der Waals surface area contributed by atoms with Crippen LogP contribution in [0.1, 0.15) is 12.5 Å². The summed E-state index contributed by atoms with van der Waals surface area (Å²) in [6.45, 7) is 1.83. The number of nitrogens with one attached hydrogen (secondary N) is 1. The highest BCUT2D eigenvalue weighted by molar-refractivity contribution is 5.92. The van der Waals surface area contributed by atoms with E-state index in [0.29, 0.717) is 11.5 Å². The molecule has 1 heterocycles. The molecule has 1 aromatic carbocycles. The van der Waals surface area contributed by atoms with Crippen LogP contribution < -0.4 is 14.8 Å². The average molecular weight is 277 g/mol. The number of fused-ring (bicyclic) bond motifs is 1. The van der Waals surface area contributed by atoms with Crippen molar-refractivity contribution in [2.45, 2.75) is 6.92 Å². The summed E-state index contributed by atoms with van der Waals surface area (Å²) in [5.41, 5.74) is 0.802. The molecule has 6 heteroatoms. The number of carbonyl (C=O) groups is 2. The Morgan fingerprint density at radius 2 is 2.15 bits per heavy atom. The zero-order valence-corrected chi connectivity index (χ0v) is 11.0. The number of benzene rings is 1. The Kier molecular flexibility index (Phi) is 4.24. The molecule has 1 aliphatic rings. The standard InChI is InChI=1S/C14H15NO5/c1-9(14(17)18)7-15-13(16)5-3-10-2-4-11-12(6-10)20-8-19-11/h2-6,9H,7-8H2,1H3,(H,15,16)(H,17,18). The van der Waals surface area contributed by atoms with Crippen molar-refractivity contribution in [2.24, 2.45) is 5.92 Å². The summed E-state index contributed by atoms with van der Waals surface area (Å²) in [4.78, 5) is 22.1. The molecular formula is C14H15NO5. The molecule has 6 nitrogen and oxygen atoms in total. The number of aliphatic carboxylic acids is 1. The molecule has 1 aromatic rings. The van der Waals surface area contributed by atoms with Crippen LogP contribution in [0.4, 0.5) is 0 Å². The van der Waals surface area contributed by atoms with Gasteiger partial charge in [0, 0.05) is 12.6 Å². The van der Waals surface area contributed by atoms with E-state index in [2.05, 4.69) is 5.32 Å². The van der Waals surface area contributed by atoms with Gasteiger partial charge in [-0.1, -0.05) is 13.0 Å². The number of carboxylic acids is 1. The Labute approximate surface area is 116 Å². The van der Waals surface area contributed by atoms with Gasteiger partial charge in [0.1, 0.15) is 0 Å². The van der Waals surface area contributed by atoms with Crippen molar-refractivity contribution in [3.8, 4) is 11.5 Å². The first-order valence-corrected chi connectivity index (χ1v) is 6.14. The van der Waals surface area contributed by atoms with Crippen molar-refractivity contribution in [1.82, 2.24) is 5.32 Å². The van der Waals surface area contributed by atoms with Crippen LogP contribution in [0, 0.1) is 5.92 Å². The lowest BCUT2D eigenvalue weighted by Crippen LogP contribution is -2.30. The highest BCUT2D eigenvalue weighted by atomic mass is 16.7. The Hall–Kier alpha value is -2.50. The zero-order chi connectivity index (χ0) is 14.5. The lowest BCUT2D eigenvalue weighted by molar-refractivity contribution is -0.141. The number of hydrogen-bond donors (Lipinski definition) is 2. The smallest absolute Gasteiger partial charge is 0.308 e. The van der Waals surface area contributed by atoms with Gasteiger partial charge in [0.25, 0.3) is 0 Å². The molecule has 2 rings (SSSR count). The summed E-state index contributed by atoms with van der Waals surface area (Å²) in [6.07, 6.45) is 2.98. The second-order valence-electron chi connectivity index (χ2n) is 4.43. The molecule has 2 N–H and O–H groups in total. The summed E-state index contributed by atoms with van der Waals surface area (Å²) in [6, 6.07) is 5.34. The van der Waals surface area contributed by atoms with Crippen LogP contribution in [-0.2, 0) is 9.59 Å². The maximum atomic E-state index is 11.5. The molecule has 1 unspecified atom stereocenters. The first kappa shape index (κ1) is 13.9. The van der Waals surface area contributed by atoms with Crippen molar-refractivity contribution in [2.75, 3.05) is 13.3 Å². The van der Waals surface area contributed by atoms with E-state index in [1.807, 2.05) is 0 Å². The van der Waals surface area contributed by atoms with Crippen molar-refractivity contribution < 1.29 is 24.2 Å². The fourth-order valence-corrected chi connectivity index (χ4v) is 1.59. The summed E-state index contributed by atoms with van der Waals surface area (Å²) in [5.74, 6) is -0.562. The van der Waals surface area contributed by atoms with Gasteiger partial charge in [-0.25, -0.2) is 0 Å². The third-order valence-electron chi connectivity index (χ3n) is 2.83. The molecule has 1 amide bonds. The maximum Gasteiger partial charge on any atom is 0.308 e. The van der Waals surface area contributed by atoms with Gasteiger partial charge < -0.3 is 19.9 Å². The third-order valence-corrected chi connectivity index (χ3v) is 2.83. The molecular weight excluding hydrogens is 262 g/mol. The summed E-state index contributed by atoms with van der Waals surface area (Å²) >= 11 is 0. The summed E-state index contributed by atoms with van der Waals surface area (Å²) in [5, 5.41) is 11.2. The second-order valence-corrected chi connectivity index (χ2v) is 4.43. The fraction of sp³-hybridized carbons (Fsp3) is 0.286. The summed E-state index contributed by atoms with van der Waals surface area (Å²) in [7, 11) is 0. The normalized spacial score (nSPS) is 14.2. The van der Waals surface area contributed by atoms with E-state index in [9.17, 15) is 9.59 Å².